The van der Waals surface area contributed by atoms with Crippen molar-refractivity contribution in [1.82, 2.24) is 20.2 Å². The number of nitrogens with one attached hydrogen (secondary N) is 2. The van der Waals surface area contributed by atoms with Gasteiger partial charge in [0, 0.05) is 38.7 Å². The maximum Gasteiger partial charge on any atom is 0.260 e. The van der Waals surface area contributed by atoms with Gasteiger partial charge in [0.05, 0.1) is 39.6 Å². The number of anilines is 1. The lowest BCUT2D eigenvalue weighted by Gasteiger charge is -2.38. The van der Waals surface area contributed by atoms with Crippen molar-refractivity contribution in [3.05, 3.63) is 63.8 Å². The van der Waals surface area contributed by atoms with Gasteiger partial charge in [-0.3, -0.25) is 14.6 Å². The fourth-order valence-corrected chi connectivity index (χ4v) is 6.51. The number of carbonyl (C=O) groups is 2. The van der Waals surface area contributed by atoms with Gasteiger partial charge in [-0.1, -0.05) is 72.0 Å². The molecule has 0 unspecified atom stereocenters. The van der Waals surface area contributed by atoms with E-state index < -0.39 is 5.91 Å². The van der Waals surface area contributed by atoms with Gasteiger partial charge in [-0.05, 0) is 56.9 Å². The number of nitrogens with two attached hydrogens (primary N) is 1. The lowest BCUT2D eigenvalue weighted by molar-refractivity contribution is -0.111. The predicted octanol–water partition coefficient (Wildman–Crippen LogP) is 8.06. The van der Waals surface area contributed by atoms with E-state index in [2.05, 4.69) is 52.3 Å². The van der Waals surface area contributed by atoms with Crippen LogP contribution in [-0.2, 0) is 9.53 Å². The highest BCUT2D eigenvalue weighted by atomic mass is 32.1. The Bertz CT molecular complexity index is 1410. The van der Waals surface area contributed by atoms with Gasteiger partial charge in [-0.25, -0.2) is 4.98 Å². The molecule has 0 spiro atoms. The molecule has 2 amide bonds. The van der Waals surface area contributed by atoms with E-state index in [4.69, 9.17) is 10.5 Å². The number of unbranched alkanes of at least 4 members (excludes halogenated alkanes) is 3. The zero-order chi connectivity index (χ0) is 34.2. The Morgan fingerprint density at radius 2 is 1.89 bits per heavy atom. The number of hydrogen-bond acceptors (Lipinski definition) is 8. The zero-order valence-electron chi connectivity index (χ0n) is 29.4. The van der Waals surface area contributed by atoms with Crippen LogP contribution in [0.2, 0.25) is 0 Å². The van der Waals surface area contributed by atoms with Crippen LogP contribution in [-0.4, -0.2) is 53.4 Å². The molecule has 258 valence electrons. The summed E-state index contributed by atoms with van der Waals surface area (Å²) in [6.45, 7) is 12.7. The van der Waals surface area contributed by atoms with Gasteiger partial charge in [0.1, 0.15) is 5.01 Å². The van der Waals surface area contributed by atoms with E-state index in [1.165, 1.54) is 75.1 Å². The summed E-state index contributed by atoms with van der Waals surface area (Å²) in [5, 5.41) is 6.12. The molecule has 47 heavy (non-hydrogen) atoms. The second-order valence-corrected chi connectivity index (χ2v) is 13.8. The highest BCUT2D eigenvalue weighted by Crippen LogP contribution is 2.44. The third-order valence-corrected chi connectivity index (χ3v) is 9.78. The molecule has 10 heteroatoms. The van der Waals surface area contributed by atoms with Gasteiger partial charge < -0.3 is 26.0 Å². The summed E-state index contributed by atoms with van der Waals surface area (Å²) in [6, 6.07) is 1.61. The van der Waals surface area contributed by atoms with Gasteiger partial charge in [0.25, 0.3) is 11.8 Å². The number of amides is 2. The zero-order valence-corrected chi connectivity index (χ0v) is 30.2. The molecule has 2 aromatic rings. The van der Waals surface area contributed by atoms with Gasteiger partial charge in [0.2, 0.25) is 0 Å². The van der Waals surface area contributed by atoms with Crippen molar-refractivity contribution in [2.24, 2.45) is 11.1 Å². The molecule has 1 aliphatic heterocycles. The van der Waals surface area contributed by atoms with Crippen LogP contribution in [0, 0.1) is 12.3 Å². The second-order valence-electron chi connectivity index (χ2n) is 12.8. The molecule has 0 atom stereocenters. The molecule has 3 heterocycles. The fraction of sp³-hybridized carbons (Fsp3) is 0.568. The normalized spacial score (nSPS) is 16.9. The average Bonchev–Trinajstić information content (AvgIpc) is 3.53. The van der Waals surface area contributed by atoms with Crippen molar-refractivity contribution in [1.29, 1.82) is 0 Å². The first-order chi connectivity index (χ1) is 22.7. The number of rotatable bonds is 14. The topological polar surface area (TPSA) is 122 Å². The number of hydrogen-bond donors (Lipinski definition) is 3. The number of pyridine rings is 1. The highest BCUT2D eigenvalue weighted by Gasteiger charge is 2.30. The van der Waals surface area contributed by atoms with Crippen molar-refractivity contribution < 1.29 is 14.3 Å². The summed E-state index contributed by atoms with van der Waals surface area (Å²) in [5.74, 6) is 0.122. The smallest absolute Gasteiger partial charge is 0.260 e. The Balaban J connectivity index is 0.000000461. The van der Waals surface area contributed by atoms with Crippen LogP contribution in [0.25, 0.3) is 11.1 Å². The summed E-state index contributed by atoms with van der Waals surface area (Å²) < 4.78 is 5.97. The van der Waals surface area contributed by atoms with Crippen LogP contribution in [0.1, 0.15) is 124 Å². The minimum absolute atomic E-state index is 0.230. The van der Waals surface area contributed by atoms with Crippen molar-refractivity contribution >= 4 is 40.0 Å². The van der Waals surface area contributed by atoms with E-state index >= 15 is 0 Å². The Morgan fingerprint density at radius 1 is 1.11 bits per heavy atom. The van der Waals surface area contributed by atoms with E-state index in [-0.39, 0.29) is 11.5 Å². The van der Waals surface area contributed by atoms with Crippen LogP contribution in [0.3, 0.4) is 0 Å². The molecule has 0 aromatic carbocycles. The third-order valence-electron chi connectivity index (χ3n) is 8.71. The fourth-order valence-electron chi connectivity index (χ4n) is 5.55. The summed E-state index contributed by atoms with van der Waals surface area (Å²) in [5.41, 5.74) is 9.18. The molecular formula is C37H56N6O3S. The number of aromatic nitrogens is 2. The van der Waals surface area contributed by atoms with Crippen LogP contribution >= 0.6 is 11.3 Å². The van der Waals surface area contributed by atoms with E-state index in [1.54, 1.807) is 19.2 Å². The standard InChI is InChI=1S/C26H34N6O3S.C11H22/c1-5-7-9-19(26-32(4)11-8-12-35-26)22-16-30-25(36-22)20(14-27)24(34)31-21-13-18(15-29-17(21)3)23(33)28-10-6-2;1-3-4-5-6-8-11(2)9-7-10-11/h7,9,13-16H,5-6,8,10-12,27H2,1-4H3,(H,28,33)(H,31,34);3-10H2,1-2H3/b9-7+,20-14-,26-19-;. The van der Waals surface area contributed by atoms with Crippen LogP contribution in [0.15, 0.2) is 42.7 Å². The van der Waals surface area contributed by atoms with Crippen LogP contribution in [0.4, 0.5) is 5.69 Å². The number of thiazole rings is 1. The second kappa shape index (κ2) is 19.2. The number of aryl methyl sites for hydroxylation is 1. The monoisotopic (exact) mass is 664 g/mol. The average molecular weight is 665 g/mol. The quantitative estimate of drug-likeness (QED) is 0.138. The van der Waals surface area contributed by atoms with E-state index in [1.807, 2.05) is 20.0 Å². The Labute approximate surface area is 286 Å². The Kier molecular flexibility index (Phi) is 15.5. The van der Waals surface area contributed by atoms with E-state index in [0.29, 0.717) is 35.1 Å². The number of ether oxygens (including phenoxy) is 1. The van der Waals surface area contributed by atoms with Gasteiger partial charge in [-0.2, -0.15) is 0 Å². The molecule has 4 N–H and O–H groups in total. The third kappa shape index (κ3) is 11.2. The molecule has 0 radical (unpaired) electrons. The molecule has 1 saturated heterocycles. The van der Waals surface area contributed by atoms with Crippen molar-refractivity contribution in [3.8, 4) is 0 Å². The lowest BCUT2D eigenvalue weighted by Crippen LogP contribution is -2.28. The van der Waals surface area contributed by atoms with Crippen LogP contribution < -0.4 is 16.4 Å². The van der Waals surface area contributed by atoms with Crippen LogP contribution in [0.5, 0.6) is 0 Å². The molecule has 2 aliphatic rings. The predicted molar refractivity (Wildman–Crippen MR) is 195 cm³/mol. The van der Waals surface area contributed by atoms with Crippen molar-refractivity contribution in [2.75, 3.05) is 32.1 Å². The first-order valence-electron chi connectivity index (χ1n) is 17.4. The van der Waals surface area contributed by atoms with E-state index in [0.717, 1.165) is 47.6 Å². The molecule has 1 saturated carbocycles. The number of allylic oxidation sites excluding steroid dienone is 3. The molecule has 4 rings (SSSR count). The molecule has 1 aliphatic carbocycles. The maximum atomic E-state index is 13.2. The summed E-state index contributed by atoms with van der Waals surface area (Å²) in [7, 11) is 2.00. The number of carbonyl (C=O) groups excluding carboxylic acids is 2. The number of nitrogens with zero attached hydrogens (tertiary/aromatic N) is 3. The first-order valence-corrected chi connectivity index (χ1v) is 18.2. The van der Waals surface area contributed by atoms with Gasteiger partial charge >= 0.3 is 0 Å². The molecule has 9 nitrogen and oxygen atoms in total. The van der Waals surface area contributed by atoms with Crippen molar-refractivity contribution in [3.63, 3.8) is 0 Å². The minimum Gasteiger partial charge on any atom is -0.479 e. The molecular weight excluding hydrogens is 609 g/mol. The molecule has 2 aromatic heterocycles. The maximum absolute atomic E-state index is 13.2. The van der Waals surface area contributed by atoms with E-state index in [9.17, 15) is 9.59 Å². The SMILES string of the molecule is CC/C=C/C(=C1/OCCCN1C)c1cnc(/C(=C\N)C(=O)Nc2cc(C(=O)NCCC)cnc2C)s1.CCCCCCC1(C)CCC1. The molecule has 2 fully saturated rings. The Hall–Kier alpha value is -3.66. The largest absolute Gasteiger partial charge is 0.479 e. The molecule has 0 bridgehead atoms. The van der Waals surface area contributed by atoms with Gasteiger partial charge in [0.15, 0.2) is 5.88 Å². The van der Waals surface area contributed by atoms with Crippen molar-refractivity contribution in [2.45, 2.75) is 105 Å². The first kappa shape index (κ1) is 37.8. The Morgan fingerprint density at radius 3 is 2.53 bits per heavy atom. The summed E-state index contributed by atoms with van der Waals surface area (Å²) in [6.07, 6.45) is 23.0. The minimum atomic E-state index is -0.432. The summed E-state index contributed by atoms with van der Waals surface area (Å²) >= 11 is 1.36. The summed E-state index contributed by atoms with van der Waals surface area (Å²) in [4.78, 5) is 37.2. The van der Waals surface area contributed by atoms with Gasteiger partial charge in [-0.15, -0.1) is 11.3 Å². The lowest BCUT2D eigenvalue weighted by atomic mass is 9.67. The highest BCUT2D eigenvalue weighted by molar-refractivity contribution is 7.14.